The van der Waals surface area contributed by atoms with E-state index in [4.69, 9.17) is 0 Å². The van der Waals surface area contributed by atoms with Crippen molar-refractivity contribution in [2.75, 3.05) is 5.32 Å². The third-order valence-electron chi connectivity index (χ3n) is 3.92. The summed E-state index contributed by atoms with van der Waals surface area (Å²) in [7, 11) is 0. The number of para-hydroxylation sites is 1. The third kappa shape index (κ3) is 3.32. The van der Waals surface area contributed by atoms with Crippen LogP contribution in [0, 0.1) is 0 Å². The number of thiazole rings is 1. The minimum absolute atomic E-state index is 0.0925. The summed E-state index contributed by atoms with van der Waals surface area (Å²) in [5.41, 5.74) is -0.194. The smallest absolute Gasteiger partial charge is 0.296 e. The molecule has 2 heterocycles. The Morgan fingerprint density at radius 2 is 2.04 bits per heavy atom. The van der Waals surface area contributed by atoms with E-state index in [2.05, 4.69) is 20.6 Å². The quantitative estimate of drug-likeness (QED) is 0.747. The van der Waals surface area contributed by atoms with Crippen LogP contribution < -0.4 is 5.32 Å². The summed E-state index contributed by atoms with van der Waals surface area (Å²) in [4.78, 5) is 16.6. The molecule has 1 N–H and O–H groups in total. The molecule has 1 amide bonds. The van der Waals surface area contributed by atoms with Gasteiger partial charge in [0.2, 0.25) is 0 Å². The van der Waals surface area contributed by atoms with Crippen molar-refractivity contribution in [3.8, 4) is 5.69 Å². The molecule has 1 saturated carbocycles. The molecule has 134 valence electrons. The monoisotopic (exact) mass is 379 g/mol. The molecule has 1 aliphatic carbocycles. The van der Waals surface area contributed by atoms with Crippen molar-refractivity contribution in [3.63, 3.8) is 0 Å². The van der Waals surface area contributed by atoms with Gasteiger partial charge in [0.05, 0.1) is 23.1 Å². The molecule has 0 saturated heterocycles. The van der Waals surface area contributed by atoms with Gasteiger partial charge in [-0.15, -0.1) is 16.4 Å². The molecule has 0 unspecified atom stereocenters. The average molecular weight is 379 g/mol. The number of hydrogen-bond acceptors (Lipinski definition) is 5. The fourth-order valence-electron chi connectivity index (χ4n) is 2.47. The van der Waals surface area contributed by atoms with Gasteiger partial charge in [-0.25, -0.2) is 9.67 Å². The molecule has 10 heteroatoms. The van der Waals surface area contributed by atoms with Crippen LogP contribution in [0.15, 0.2) is 35.8 Å². The Kier molecular flexibility index (Phi) is 3.98. The number of nitrogens with zero attached hydrogens (tertiary/aromatic N) is 4. The highest BCUT2D eigenvalue weighted by atomic mass is 32.1. The Balaban J connectivity index is 1.55. The van der Waals surface area contributed by atoms with Crippen LogP contribution >= 0.6 is 11.3 Å². The minimum Gasteiger partial charge on any atom is -0.296 e. The van der Waals surface area contributed by atoms with E-state index in [9.17, 15) is 18.0 Å². The van der Waals surface area contributed by atoms with E-state index in [1.54, 1.807) is 0 Å². The first-order valence-electron chi connectivity index (χ1n) is 7.77. The Bertz CT molecular complexity index is 961. The molecule has 1 aromatic carbocycles. The van der Waals surface area contributed by atoms with E-state index in [-0.39, 0.29) is 11.4 Å². The van der Waals surface area contributed by atoms with Gasteiger partial charge >= 0.3 is 6.18 Å². The van der Waals surface area contributed by atoms with E-state index >= 15 is 0 Å². The van der Waals surface area contributed by atoms with Crippen molar-refractivity contribution in [2.24, 2.45) is 0 Å². The molecular formula is C16H12F3N5OS. The van der Waals surface area contributed by atoms with Gasteiger partial charge in [0.15, 0.2) is 10.8 Å². The molecular weight excluding hydrogens is 367 g/mol. The number of nitrogens with one attached hydrogen (secondary N) is 1. The van der Waals surface area contributed by atoms with E-state index in [1.807, 2.05) is 5.38 Å². The van der Waals surface area contributed by atoms with Crippen molar-refractivity contribution >= 4 is 22.4 Å². The molecule has 0 aliphatic heterocycles. The molecule has 0 spiro atoms. The third-order valence-corrected chi connectivity index (χ3v) is 4.70. The first-order chi connectivity index (χ1) is 12.4. The second kappa shape index (κ2) is 6.20. The Morgan fingerprint density at radius 1 is 1.27 bits per heavy atom. The number of carbonyl (C=O) groups excluding carboxylic acids is 1. The number of hydrogen-bond donors (Lipinski definition) is 1. The maximum absolute atomic E-state index is 13.1. The number of carbonyl (C=O) groups is 1. The van der Waals surface area contributed by atoms with Gasteiger partial charge in [0.25, 0.3) is 5.91 Å². The highest BCUT2D eigenvalue weighted by Crippen LogP contribution is 2.41. The van der Waals surface area contributed by atoms with Gasteiger partial charge in [-0.1, -0.05) is 17.3 Å². The highest BCUT2D eigenvalue weighted by Gasteiger charge is 2.34. The maximum Gasteiger partial charge on any atom is 0.418 e. The fraction of sp³-hybridized carbons (Fsp3) is 0.250. The van der Waals surface area contributed by atoms with Crippen LogP contribution in [0.3, 0.4) is 0 Å². The van der Waals surface area contributed by atoms with Crippen LogP contribution in [0.4, 0.5) is 18.3 Å². The number of anilines is 1. The zero-order chi connectivity index (χ0) is 18.3. The van der Waals surface area contributed by atoms with Crippen LogP contribution in [-0.2, 0) is 6.18 Å². The van der Waals surface area contributed by atoms with Gasteiger partial charge in [-0.05, 0) is 25.0 Å². The SMILES string of the molecule is O=C(Nc1nc(C2CC2)cs1)c1cn(-c2ccccc2C(F)(F)F)nn1. The molecule has 26 heavy (non-hydrogen) atoms. The van der Waals surface area contributed by atoms with Crippen molar-refractivity contribution in [2.45, 2.75) is 24.9 Å². The summed E-state index contributed by atoms with van der Waals surface area (Å²) >= 11 is 1.30. The van der Waals surface area contributed by atoms with Crippen LogP contribution in [0.25, 0.3) is 5.69 Å². The van der Waals surface area contributed by atoms with Crippen LogP contribution in [0.2, 0.25) is 0 Å². The second-order valence-corrected chi connectivity index (χ2v) is 6.73. The first kappa shape index (κ1) is 16.7. The second-order valence-electron chi connectivity index (χ2n) is 5.87. The largest absolute Gasteiger partial charge is 0.418 e. The minimum atomic E-state index is -4.54. The van der Waals surface area contributed by atoms with Crippen LogP contribution in [-0.4, -0.2) is 25.9 Å². The van der Waals surface area contributed by atoms with E-state index in [0.717, 1.165) is 35.5 Å². The summed E-state index contributed by atoms with van der Waals surface area (Å²) in [6.45, 7) is 0. The summed E-state index contributed by atoms with van der Waals surface area (Å²) < 4.78 is 40.3. The topological polar surface area (TPSA) is 72.7 Å². The van der Waals surface area contributed by atoms with E-state index in [1.165, 1.54) is 29.5 Å². The molecule has 2 aromatic heterocycles. The standard InChI is InChI=1S/C16H12F3N5OS/c17-16(18,19)10-3-1-2-4-13(10)24-7-11(22-23-24)14(25)21-15-20-12(8-26-15)9-5-6-9/h1-4,7-9H,5-6H2,(H,20,21,25). The number of halogens is 3. The van der Waals surface area contributed by atoms with Crippen LogP contribution in [0.1, 0.15) is 40.5 Å². The lowest BCUT2D eigenvalue weighted by Crippen LogP contribution is -2.12. The first-order valence-corrected chi connectivity index (χ1v) is 8.65. The number of amides is 1. The summed E-state index contributed by atoms with van der Waals surface area (Å²) in [5.74, 6) is -0.103. The molecule has 0 radical (unpaired) electrons. The zero-order valence-electron chi connectivity index (χ0n) is 13.2. The van der Waals surface area contributed by atoms with Gasteiger partial charge in [-0.2, -0.15) is 13.2 Å². The predicted octanol–water partition coefficient (Wildman–Crippen LogP) is 3.87. The fourth-order valence-corrected chi connectivity index (χ4v) is 3.26. The van der Waals surface area contributed by atoms with Crippen LogP contribution in [0.5, 0.6) is 0 Å². The number of rotatable bonds is 4. The van der Waals surface area contributed by atoms with Gasteiger partial charge in [0, 0.05) is 11.3 Å². The molecule has 6 nitrogen and oxygen atoms in total. The molecule has 3 aromatic rings. The average Bonchev–Trinajstić information content (AvgIpc) is 3.15. The number of benzene rings is 1. The lowest BCUT2D eigenvalue weighted by Gasteiger charge is -2.11. The lowest BCUT2D eigenvalue weighted by atomic mass is 10.1. The van der Waals surface area contributed by atoms with Crippen molar-refractivity contribution in [3.05, 3.63) is 52.8 Å². The molecule has 1 fully saturated rings. The number of aromatic nitrogens is 4. The van der Waals surface area contributed by atoms with Crippen molar-refractivity contribution in [1.29, 1.82) is 0 Å². The van der Waals surface area contributed by atoms with Gasteiger partial charge in [0.1, 0.15) is 0 Å². The Hall–Kier alpha value is -2.75. The summed E-state index contributed by atoms with van der Waals surface area (Å²) in [6, 6.07) is 4.96. The molecule has 0 bridgehead atoms. The molecule has 1 aliphatic rings. The Morgan fingerprint density at radius 3 is 2.77 bits per heavy atom. The number of alkyl halides is 3. The van der Waals surface area contributed by atoms with E-state index in [0.29, 0.717) is 11.0 Å². The van der Waals surface area contributed by atoms with Gasteiger partial charge in [-0.3, -0.25) is 10.1 Å². The van der Waals surface area contributed by atoms with Gasteiger partial charge < -0.3 is 0 Å². The van der Waals surface area contributed by atoms with E-state index < -0.39 is 17.6 Å². The Labute approximate surface area is 149 Å². The zero-order valence-corrected chi connectivity index (χ0v) is 14.0. The molecule has 4 rings (SSSR count). The lowest BCUT2D eigenvalue weighted by molar-refractivity contribution is -0.137. The molecule has 0 atom stereocenters. The predicted molar refractivity (Wildman–Crippen MR) is 88.4 cm³/mol. The normalized spacial score (nSPS) is 14.4. The summed E-state index contributed by atoms with van der Waals surface area (Å²) in [6.07, 6.45) is -1.17. The highest BCUT2D eigenvalue weighted by molar-refractivity contribution is 7.14. The van der Waals surface area contributed by atoms with Crippen molar-refractivity contribution < 1.29 is 18.0 Å². The van der Waals surface area contributed by atoms with Crippen molar-refractivity contribution in [1.82, 2.24) is 20.0 Å². The summed E-state index contributed by atoms with van der Waals surface area (Å²) in [5, 5.41) is 12.3. The maximum atomic E-state index is 13.1.